The Balaban J connectivity index is 2.08. The number of Topliss-reactive ketones (excluding diaryl/α,β-unsaturated/α-hetero) is 1. The Labute approximate surface area is 122 Å². The van der Waals surface area contributed by atoms with E-state index >= 15 is 0 Å². The second kappa shape index (κ2) is 6.67. The molecule has 2 aromatic carbocycles. The van der Waals surface area contributed by atoms with Gasteiger partial charge in [-0.3, -0.25) is 15.0 Å². The van der Waals surface area contributed by atoms with Crippen LogP contribution in [0.4, 0.5) is 0 Å². The highest BCUT2D eigenvalue weighted by Gasteiger charge is 2.05. The van der Waals surface area contributed by atoms with Gasteiger partial charge in [-0.2, -0.15) is 0 Å². The molecule has 0 bridgehead atoms. The molecule has 0 fully saturated rings. The molecule has 5 heteroatoms. The standard InChI is InChI=1S/C16H16N2O3/c1-11(19)13-5-3-7-15(9-13)21-10-12-4-2-6-14(8-12)16(20)18-17/h2-9H,10,17H2,1H3,(H,18,20). The summed E-state index contributed by atoms with van der Waals surface area (Å²) in [6.07, 6.45) is 0. The summed E-state index contributed by atoms with van der Waals surface area (Å²) in [5, 5.41) is 0. The zero-order valence-electron chi connectivity index (χ0n) is 11.6. The number of nitrogens with two attached hydrogens (primary N) is 1. The molecule has 0 spiro atoms. The molecule has 5 nitrogen and oxygen atoms in total. The minimum Gasteiger partial charge on any atom is -0.489 e. The number of hydrazine groups is 1. The van der Waals surface area contributed by atoms with E-state index in [1.807, 2.05) is 6.07 Å². The second-order valence-electron chi connectivity index (χ2n) is 4.55. The quantitative estimate of drug-likeness (QED) is 0.381. The van der Waals surface area contributed by atoms with Crippen molar-refractivity contribution in [1.29, 1.82) is 0 Å². The van der Waals surface area contributed by atoms with Gasteiger partial charge in [-0.15, -0.1) is 0 Å². The van der Waals surface area contributed by atoms with Crippen molar-refractivity contribution < 1.29 is 14.3 Å². The van der Waals surface area contributed by atoms with E-state index < -0.39 is 0 Å². The van der Waals surface area contributed by atoms with Gasteiger partial charge in [-0.1, -0.05) is 24.3 Å². The number of hydrogen-bond acceptors (Lipinski definition) is 4. The van der Waals surface area contributed by atoms with E-state index in [4.69, 9.17) is 10.6 Å². The lowest BCUT2D eigenvalue weighted by Crippen LogP contribution is -2.30. The number of ether oxygens (including phenoxy) is 1. The first-order valence-electron chi connectivity index (χ1n) is 6.44. The smallest absolute Gasteiger partial charge is 0.265 e. The summed E-state index contributed by atoms with van der Waals surface area (Å²) in [5.74, 6) is 5.35. The summed E-state index contributed by atoms with van der Waals surface area (Å²) >= 11 is 0. The molecule has 3 N–H and O–H groups in total. The maximum Gasteiger partial charge on any atom is 0.265 e. The number of nitrogens with one attached hydrogen (secondary N) is 1. The molecule has 0 radical (unpaired) electrons. The number of nitrogen functional groups attached to an aromatic ring is 1. The third kappa shape index (κ3) is 3.90. The van der Waals surface area contributed by atoms with Crippen molar-refractivity contribution in [2.75, 3.05) is 0 Å². The van der Waals surface area contributed by atoms with Crippen molar-refractivity contribution in [3.05, 3.63) is 65.2 Å². The predicted octanol–water partition coefficient (Wildman–Crippen LogP) is 2.07. The van der Waals surface area contributed by atoms with Gasteiger partial charge in [0.15, 0.2) is 5.78 Å². The highest BCUT2D eigenvalue weighted by atomic mass is 16.5. The molecule has 0 saturated carbocycles. The average Bonchev–Trinajstić information content (AvgIpc) is 2.52. The molecule has 0 aliphatic carbocycles. The van der Waals surface area contributed by atoms with Crippen LogP contribution in [0.25, 0.3) is 0 Å². The van der Waals surface area contributed by atoms with E-state index in [0.29, 0.717) is 23.5 Å². The monoisotopic (exact) mass is 284 g/mol. The first kappa shape index (κ1) is 14.7. The summed E-state index contributed by atoms with van der Waals surface area (Å²) < 4.78 is 5.64. The van der Waals surface area contributed by atoms with Crippen LogP contribution in [0.5, 0.6) is 5.75 Å². The lowest BCUT2D eigenvalue weighted by molar-refractivity contribution is 0.0952. The van der Waals surface area contributed by atoms with Gasteiger partial charge in [0, 0.05) is 11.1 Å². The van der Waals surface area contributed by atoms with E-state index in [9.17, 15) is 9.59 Å². The maximum atomic E-state index is 11.4. The van der Waals surface area contributed by atoms with E-state index in [0.717, 1.165) is 5.56 Å². The minimum absolute atomic E-state index is 0.0120. The summed E-state index contributed by atoms with van der Waals surface area (Å²) in [5.41, 5.74) is 3.99. The molecule has 108 valence electrons. The van der Waals surface area contributed by atoms with Gasteiger partial charge in [0.05, 0.1) is 0 Å². The maximum absolute atomic E-state index is 11.4. The first-order valence-corrected chi connectivity index (χ1v) is 6.44. The van der Waals surface area contributed by atoms with Crippen LogP contribution in [0.2, 0.25) is 0 Å². The molecule has 2 aromatic rings. The van der Waals surface area contributed by atoms with Crippen LogP contribution >= 0.6 is 0 Å². The third-order valence-electron chi connectivity index (χ3n) is 2.97. The SMILES string of the molecule is CC(=O)c1cccc(OCc2cccc(C(=O)NN)c2)c1. The largest absolute Gasteiger partial charge is 0.489 e. The molecule has 0 unspecified atom stereocenters. The van der Waals surface area contributed by atoms with Crippen molar-refractivity contribution in [1.82, 2.24) is 5.43 Å². The van der Waals surface area contributed by atoms with Crippen LogP contribution in [-0.2, 0) is 6.61 Å². The van der Waals surface area contributed by atoms with E-state index in [1.165, 1.54) is 6.92 Å². The Morgan fingerprint density at radius 2 is 1.81 bits per heavy atom. The minimum atomic E-state index is -0.351. The Morgan fingerprint density at radius 3 is 2.52 bits per heavy atom. The van der Waals surface area contributed by atoms with Gasteiger partial charge >= 0.3 is 0 Å². The second-order valence-corrected chi connectivity index (χ2v) is 4.55. The predicted molar refractivity (Wildman–Crippen MR) is 78.9 cm³/mol. The molecular formula is C16H16N2O3. The van der Waals surface area contributed by atoms with Crippen molar-refractivity contribution in [2.45, 2.75) is 13.5 Å². The highest BCUT2D eigenvalue weighted by Crippen LogP contribution is 2.16. The van der Waals surface area contributed by atoms with Crippen LogP contribution in [0.15, 0.2) is 48.5 Å². The first-order chi connectivity index (χ1) is 10.1. The normalized spacial score (nSPS) is 10.0. The number of rotatable bonds is 5. The number of hydrogen-bond donors (Lipinski definition) is 2. The highest BCUT2D eigenvalue weighted by molar-refractivity contribution is 5.94. The topological polar surface area (TPSA) is 81.4 Å². The molecular weight excluding hydrogens is 268 g/mol. The summed E-state index contributed by atoms with van der Waals surface area (Å²) in [4.78, 5) is 22.8. The van der Waals surface area contributed by atoms with Gasteiger partial charge in [-0.25, -0.2) is 5.84 Å². The molecule has 1 amide bonds. The Kier molecular flexibility index (Phi) is 4.68. The molecule has 0 heterocycles. The fourth-order valence-electron chi connectivity index (χ4n) is 1.86. The molecule has 0 aliphatic heterocycles. The summed E-state index contributed by atoms with van der Waals surface area (Å²) in [6, 6.07) is 14.0. The molecule has 21 heavy (non-hydrogen) atoms. The van der Waals surface area contributed by atoms with Gasteiger partial charge in [0.2, 0.25) is 0 Å². The van der Waals surface area contributed by atoms with Gasteiger partial charge in [-0.05, 0) is 36.8 Å². The Morgan fingerprint density at radius 1 is 1.10 bits per heavy atom. The molecule has 2 rings (SSSR count). The molecule has 0 aromatic heterocycles. The number of ketones is 1. The number of benzene rings is 2. The third-order valence-corrected chi connectivity index (χ3v) is 2.97. The van der Waals surface area contributed by atoms with Gasteiger partial charge < -0.3 is 4.74 Å². The Bertz CT molecular complexity index is 668. The van der Waals surface area contributed by atoms with Crippen LogP contribution in [-0.4, -0.2) is 11.7 Å². The van der Waals surface area contributed by atoms with Crippen molar-refractivity contribution in [3.8, 4) is 5.75 Å². The fraction of sp³-hybridized carbons (Fsp3) is 0.125. The molecule has 0 saturated heterocycles. The lowest BCUT2D eigenvalue weighted by atomic mass is 10.1. The van der Waals surface area contributed by atoms with E-state index in [2.05, 4.69) is 5.43 Å². The van der Waals surface area contributed by atoms with Crippen molar-refractivity contribution in [2.24, 2.45) is 5.84 Å². The van der Waals surface area contributed by atoms with E-state index in [-0.39, 0.29) is 11.7 Å². The fourth-order valence-corrected chi connectivity index (χ4v) is 1.86. The van der Waals surface area contributed by atoms with E-state index in [1.54, 1.807) is 42.5 Å². The van der Waals surface area contributed by atoms with Crippen LogP contribution in [0, 0.1) is 0 Å². The van der Waals surface area contributed by atoms with Crippen molar-refractivity contribution in [3.63, 3.8) is 0 Å². The number of amides is 1. The van der Waals surface area contributed by atoms with Crippen LogP contribution in [0.1, 0.15) is 33.2 Å². The van der Waals surface area contributed by atoms with Crippen molar-refractivity contribution >= 4 is 11.7 Å². The van der Waals surface area contributed by atoms with Gasteiger partial charge in [0.1, 0.15) is 12.4 Å². The average molecular weight is 284 g/mol. The number of carbonyl (C=O) groups excluding carboxylic acids is 2. The molecule has 0 atom stereocenters. The van der Waals surface area contributed by atoms with Crippen LogP contribution in [0.3, 0.4) is 0 Å². The summed E-state index contributed by atoms with van der Waals surface area (Å²) in [6.45, 7) is 1.81. The Hall–Kier alpha value is -2.66. The van der Waals surface area contributed by atoms with Gasteiger partial charge in [0.25, 0.3) is 5.91 Å². The number of carbonyl (C=O) groups is 2. The zero-order chi connectivity index (χ0) is 15.2. The summed E-state index contributed by atoms with van der Waals surface area (Å²) in [7, 11) is 0. The lowest BCUT2D eigenvalue weighted by Gasteiger charge is -2.08. The van der Waals surface area contributed by atoms with Crippen LogP contribution < -0.4 is 16.0 Å². The zero-order valence-corrected chi connectivity index (χ0v) is 11.6. The molecule has 0 aliphatic rings.